The summed E-state index contributed by atoms with van der Waals surface area (Å²) in [5, 5.41) is 0.610. The van der Waals surface area contributed by atoms with Crippen LogP contribution >= 0.6 is 11.6 Å². The molecule has 1 aromatic heterocycles. The second-order valence-corrected chi connectivity index (χ2v) is 8.03. The van der Waals surface area contributed by atoms with Crippen molar-refractivity contribution in [2.75, 3.05) is 39.3 Å². The molecule has 3 aromatic rings. The summed E-state index contributed by atoms with van der Waals surface area (Å²) in [7, 11) is 0. The Kier molecular flexibility index (Phi) is 7.39. The van der Waals surface area contributed by atoms with Crippen LogP contribution in [-0.2, 0) is 11.2 Å². The molecule has 0 bridgehead atoms. The van der Waals surface area contributed by atoms with Gasteiger partial charge in [0, 0.05) is 51.1 Å². The van der Waals surface area contributed by atoms with E-state index in [1.54, 1.807) is 18.3 Å². The van der Waals surface area contributed by atoms with Gasteiger partial charge in [-0.25, -0.2) is 9.37 Å². The molecule has 1 aliphatic heterocycles. The van der Waals surface area contributed by atoms with Gasteiger partial charge < -0.3 is 14.1 Å². The molecular formula is C24H25ClFN3O3. The minimum atomic E-state index is -0.299. The minimum absolute atomic E-state index is 0.0958. The van der Waals surface area contributed by atoms with E-state index < -0.39 is 0 Å². The van der Waals surface area contributed by atoms with E-state index in [4.69, 9.17) is 20.8 Å². The largest absolute Gasteiger partial charge is 0.491 e. The van der Waals surface area contributed by atoms with Crippen LogP contribution in [0.3, 0.4) is 0 Å². The number of aryl methyl sites for hydroxylation is 1. The molecular weight excluding hydrogens is 433 g/mol. The van der Waals surface area contributed by atoms with Crippen LogP contribution in [0.2, 0.25) is 5.02 Å². The molecule has 1 saturated heterocycles. The van der Waals surface area contributed by atoms with Gasteiger partial charge in [-0.3, -0.25) is 9.69 Å². The van der Waals surface area contributed by atoms with Crippen molar-refractivity contribution in [3.05, 3.63) is 71.5 Å². The summed E-state index contributed by atoms with van der Waals surface area (Å²) in [6.07, 6.45) is 2.39. The third-order valence-corrected chi connectivity index (χ3v) is 5.77. The number of para-hydroxylation sites is 1. The summed E-state index contributed by atoms with van der Waals surface area (Å²) in [4.78, 5) is 21.0. The molecule has 1 fully saturated rings. The molecule has 0 aliphatic carbocycles. The minimum Gasteiger partial charge on any atom is -0.491 e. The molecule has 4 rings (SSSR count). The summed E-state index contributed by atoms with van der Waals surface area (Å²) in [6, 6.07) is 13.5. The van der Waals surface area contributed by atoms with E-state index in [-0.39, 0.29) is 11.7 Å². The van der Waals surface area contributed by atoms with E-state index in [9.17, 15) is 9.18 Å². The van der Waals surface area contributed by atoms with Crippen molar-refractivity contribution in [3.8, 4) is 17.1 Å². The van der Waals surface area contributed by atoms with Crippen molar-refractivity contribution < 1.29 is 18.3 Å². The number of amides is 1. The second-order valence-electron chi connectivity index (χ2n) is 7.63. The van der Waals surface area contributed by atoms with Crippen LogP contribution < -0.4 is 4.74 Å². The Bertz CT molecular complexity index is 1030. The number of aromatic nitrogens is 1. The summed E-state index contributed by atoms with van der Waals surface area (Å²) in [5.74, 6) is 1.57. The van der Waals surface area contributed by atoms with Crippen molar-refractivity contribution >= 4 is 17.5 Å². The number of oxazole rings is 1. The normalized spacial score (nSPS) is 14.5. The number of ether oxygens (including phenoxy) is 1. The first kappa shape index (κ1) is 22.3. The maximum atomic E-state index is 13.1. The molecule has 2 heterocycles. The fraction of sp³-hybridized carbons (Fsp3) is 0.333. The summed E-state index contributed by atoms with van der Waals surface area (Å²) < 4.78 is 24.5. The first-order valence-corrected chi connectivity index (χ1v) is 11.0. The highest BCUT2D eigenvalue weighted by atomic mass is 35.5. The van der Waals surface area contributed by atoms with Gasteiger partial charge in [0.15, 0.2) is 11.7 Å². The van der Waals surface area contributed by atoms with Gasteiger partial charge in [0.05, 0.1) is 11.2 Å². The number of hydrogen-bond acceptors (Lipinski definition) is 5. The number of nitrogens with zero attached hydrogens (tertiary/aromatic N) is 3. The Labute approximate surface area is 191 Å². The van der Waals surface area contributed by atoms with Crippen LogP contribution in [0, 0.1) is 5.82 Å². The van der Waals surface area contributed by atoms with Gasteiger partial charge in [0.1, 0.15) is 18.2 Å². The van der Waals surface area contributed by atoms with Gasteiger partial charge in [0.25, 0.3) is 0 Å². The number of carbonyl (C=O) groups excluding carboxylic acids is 1. The molecule has 0 spiro atoms. The van der Waals surface area contributed by atoms with E-state index in [0.717, 1.165) is 25.2 Å². The lowest BCUT2D eigenvalue weighted by atomic mass is 10.2. The zero-order valence-electron chi connectivity index (χ0n) is 17.7. The lowest BCUT2D eigenvalue weighted by Crippen LogP contribution is -2.49. The first-order valence-electron chi connectivity index (χ1n) is 10.7. The molecule has 0 saturated carbocycles. The van der Waals surface area contributed by atoms with E-state index in [0.29, 0.717) is 55.0 Å². The molecule has 6 nitrogen and oxygen atoms in total. The van der Waals surface area contributed by atoms with Crippen LogP contribution in [0.15, 0.2) is 59.1 Å². The Hall–Kier alpha value is -2.90. The highest BCUT2D eigenvalue weighted by Gasteiger charge is 2.21. The van der Waals surface area contributed by atoms with Crippen LogP contribution in [0.1, 0.15) is 12.3 Å². The van der Waals surface area contributed by atoms with Crippen molar-refractivity contribution in [2.24, 2.45) is 0 Å². The summed E-state index contributed by atoms with van der Waals surface area (Å²) >= 11 is 6.10. The van der Waals surface area contributed by atoms with Crippen molar-refractivity contribution in [1.82, 2.24) is 14.8 Å². The average Bonchev–Trinajstić information content (AvgIpc) is 3.29. The van der Waals surface area contributed by atoms with Gasteiger partial charge in [-0.15, -0.1) is 0 Å². The Balaban J connectivity index is 1.17. The number of carbonyl (C=O) groups is 1. The van der Waals surface area contributed by atoms with Gasteiger partial charge in [-0.05, 0) is 36.4 Å². The Morgan fingerprint density at radius 2 is 1.84 bits per heavy atom. The smallest absolute Gasteiger partial charge is 0.223 e. The number of benzene rings is 2. The SMILES string of the molecule is O=C(CCc1ncc(-c2ccc(F)cc2)o1)N1CCN(CCOc2ccccc2Cl)CC1. The number of rotatable bonds is 8. The molecule has 32 heavy (non-hydrogen) atoms. The Morgan fingerprint density at radius 3 is 2.59 bits per heavy atom. The molecule has 1 amide bonds. The number of halogens is 2. The highest BCUT2D eigenvalue weighted by molar-refractivity contribution is 6.32. The van der Waals surface area contributed by atoms with Crippen molar-refractivity contribution in [1.29, 1.82) is 0 Å². The molecule has 0 unspecified atom stereocenters. The zero-order valence-corrected chi connectivity index (χ0v) is 18.4. The quantitative estimate of drug-likeness (QED) is 0.505. The van der Waals surface area contributed by atoms with E-state index in [1.807, 2.05) is 29.2 Å². The third-order valence-electron chi connectivity index (χ3n) is 5.46. The average molecular weight is 458 g/mol. The van der Waals surface area contributed by atoms with Gasteiger partial charge in [-0.2, -0.15) is 0 Å². The summed E-state index contributed by atoms with van der Waals surface area (Å²) in [5.41, 5.74) is 0.756. The molecule has 168 valence electrons. The third kappa shape index (κ3) is 5.87. The topological polar surface area (TPSA) is 58.8 Å². The fourth-order valence-electron chi connectivity index (χ4n) is 3.61. The molecule has 0 N–H and O–H groups in total. The highest BCUT2D eigenvalue weighted by Crippen LogP contribution is 2.23. The van der Waals surface area contributed by atoms with Crippen LogP contribution in [0.25, 0.3) is 11.3 Å². The molecule has 2 aromatic carbocycles. The zero-order chi connectivity index (χ0) is 22.3. The van der Waals surface area contributed by atoms with Gasteiger partial charge in [-0.1, -0.05) is 23.7 Å². The Morgan fingerprint density at radius 1 is 1.09 bits per heavy atom. The van der Waals surface area contributed by atoms with E-state index >= 15 is 0 Å². The van der Waals surface area contributed by atoms with Crippen molar-refractivity contribution in [2.45, 2.75) is 12.8 Å². The van der Waals surface area contributed by atoms with Gasteiger partial charge in [0.2, 0.25) is 5.91 Å². The van der Waals surface area contributed by atoms with Gasteiger partial charge >= 0.3 is 0 Å². The molecule has 0 atom stereocenters. The summed E-state index contributed by atoms with van der Waals surface area (Å²) in [6.45, 7) is 4.35. The predicted molar refractivity (Wildman–Crippen MR) is 120 cm³/mol. The standard InChI is InChI=1S/C24H25ClFN3O3/c25-20-3-1-2-4-21(20)31-16-15-28-11-13-29(14-12-28)24(30)10-9-23-27-17-22(32-23)18-5-7-19(26)8-6-18/h1-8,17H,9-16H2. The van der Waals surface area contributed by atoms with Crippen LogP contribution in [0.4, 0.5) is 4.39 Å². The number of hydrogen-bond donors (Lipinski definition) is 0. The lowest BCUT2D eigenvalue weighted by Gasteiger charge is -2.34. The van der Waals surface area contributed by atoms with E-state index in [2.05, 4.69) is 9.88 Å². The number of piperazine rings is 1. The second kappa shape index (κ2) is 10.6. The lowest BCUT2D eigenvalue weighted by molar-refractivity contribution is -0.133. The maximum Gasteiger partial charge on any atom is 0.223 e. The maximum absolute atomic E-state index is 13.1. The molecule has 0 radical (unpaired) electrons. The van der Waals surface area contributed by atoms with E-state index in [1.165, 1.54) is 12.1 Å². The monoisotopic (exact) mass is 457 g/mol. The predicted octanol–water partition coefficient (Wildman–Crippen LogP) is 4.29. The molecule has 8 heteroatoms. The van der Waals surface area contributed by atoms with Crippen LogP contribution in [-0.4, -0.2) is 60.0 Å². The first-order chi connectivity index (χ1) is 15.6. The molecule has 1 aliphatic rings. The van der Waals surface area contributed by atoms with Crippen molar-refractivity contribution in [3.63, 3.8) is 0 Å². The fourth-order valence-corrected chi connectivity index (χ4v) is 3.80. The van der Waals surface area contributed by atoms with Crippen LogP contribution in [0.5, 0.6) is 5.75 Å².